The lowest BCUT2D eigenvalue weighted by Gasteiger charge is -2.19. The number of amides is 2. The summed E-state index contributed by atoms with van der Waals surface area (Å²) in [6.07, 6.45) is 0.270. The number of nitrogens with one attached hydrogen (secondary N) is 1. The van der Waals surface area contributed by atoms with Crippen molar-refractivity contribution in [3.63, 3.8) is 0 Å². The maximum absolute atomic E-state index is 12.2. The Labute approximate surface area is 125 Å². The summed E-state index contributed by atoms with van der Waals surface area (Å²) in [5.41, 5.74) is 3.12. The van der Waals surface area contributed by atoms with Gasteiger partial charge in [0, 0.05) is 32.3 Å². The fourth-order valence-corrected chi connectivity index (χ4v) is 2.64. The van der Waals surface area contributed by atoms with Gasteiger partial charge in [-0.05, 0) is 25.5 Å². The molecule has 21 heavy (non-hydrogen) atoms. The average Bonchev–Trinajstić information content (AvgIpc) is 2.81. The summed E-state index contributed by atoms with van der Waals surface area (Å²) in [5, 5.41) is 2.80. The summed E-state index contributed by atoms with van der Waals surface area (Å²) in [7, 11) is 1.59. The Kier molecular flexibility index (Phi) is 4.96. The van der Waals surface area contributed by atoms with Crippen molar-refractivity contribution in [3.05, 3.63) is 29.3 Å². The van der Waals surface area contributed by atoms with E-state index in [-0.39, 0.29) is 24.2 Å². The van der Waals surface area contributed by atoms with E-state index in [0.29, 0.717) is 19.7 Å². The Bertz CT molecular complexity index is 542. The maximum Gasteiger partial charge on any atom is 0.227 e. The highest BCUT2D eigenvalue weighted by molar-refractivity contribution is 6.00. The molecule has 0 saturated carbocycles. The molecule has 1 aliphatic heterocycles. The molecule has 1 fully saturated rings. The molecular weight excluding hydrogens is 268 g/mol. The maximum atomic E-state index is 12.2. The van der Waals surface area contributed by atoms with Gasteiger partial charge >= 0.3 is 0 Å². The van der Waals surface area contributed by atoms with Crippen molar-refractivity contribution in [2.45, 2.75) is 20.3 Å². The van der Waals surface area contributed by atoms with Crippen LogP contribution in [0.1, 0.15) is 17.5 Å². The van der Waals surface area contributed by atoms with Gasteiger partial charge in [0.25, 0.3) is 0 Å². The largest absolute Gasteiger partial charge is 0.383 e. The Balaban J connectivity index is 2.04. The van der Waals surface area contributed by atoms with Gasteiger partial charge in [0.1, 0.15) is 0 Å². The van der Waals surface area contributed by atoms with E-state index in [2.05, 4.69) is 11.4 Å². The molecule has 1 aromatic carbocycles. The van der Waals surface area contributed by atoms with Gasteiger partial charge in [-0.2, -0.15) is 0 Å². The van der Waals surface area contributed by atoms with Crippen LogP contribution in [0.3, 0.4) is 0 Å². The van der Waals surface area contributed by atoms with Gasteiger partial charge in [-0.1, -0.05) is 17.7 Å². The van der Waals surface area contributed by atoms with Crippen LogP contribution in [-0.2, 0) is 14.3 Å². The average molecular weight is 290 g/mol. The second-order valence-electron chi connectivity index (χ2n) is 5.48. The third-order valence-electron chi connectivity index (χ3n) is 3.74. The van der Waals surface area contributed by atoms with E-state index in [9.17, 15) is 9.59 Å². The molecule has 1 aromatic rings. The summed E-state index contributed by atoms with van der Waals surface area (Å²) >= 11 is 0. The Morgan fingerprint density at radius 3 is 2.86 bits per heavy atom. The topological polar surface area (TPSA) is 58.6 Å². The Morgan fingerprint density at radius 1 is 1.43 bits per heavy atom. The van der Waals surface area contributed by atoms with Crippen LogP contribution >= 0.6 is 0 Å². The van der Waals surface area contributed by atoms with E-state index in [0.717, 1.165) is 16.8 Å². The monoisotopic (exact) mass is 290 g/mol. The fourth-order valence-electron chi connectivity index (χ4n) is 2.64. The molecule has 1 N–H and O–H groups in total. The van der Waals surface area contributed by atoms with Gasteiger partial charge in [-0.3, -0.25) is 9.59 Å². The molecule has 0 bridgehead atoms. The van der Waals surface area contributed by atoms with Gasteiger partial charge in [0.15, 0.2) is 0 Å². The molecule has 5 heteroatoms. The van der Waals surface area contributed by atoms with Crippen molar-refractivity contribution in [1.29, 1.82) is 0 Å². The minimum Gasteiger partial charge on any atom is -0.383 e. The number of methoxy groups -OCH3 is 1. The highest BCUT2D eigenvalue weighted by Crippen LogP contribution is 2.28. The second kappa shape index (κ2) is 6.72. The van der Waals surface area contributed by atoms with Crippen LogP contribution in [0, 0.1) is 19.8 Å². The molecule has 0 aliphatic carbocycles. The summed E-state index contributed by atoms with van der Waals surface area (Å²) < 4.78 is 4.90. The predicted octanol–water partition coefficient (Wildman–Crippen LogP) is 1.42. The molecule has 1 unspecified atom stereocenters. The third kappa shape index (κ3) is 3.61. The zero-order chi connectivity index (χ0) is 15.4. The zero-order valence-electron chi connectivity index (χ0n) is 12.8. The van der Waals surface area contributed by atoms with E-state index < -0.39 is 0 Å². The molecule has 1 saturated heterocycles. The van der Waals surface area contributed by atoms with Crippen LogP contribution < -0.4 is 10.2 Å². The van der Waals surface area contributed by atoms with Crippen molar-refractivity contribution in [2.75, 3.05) is 31.7 Å². The third-order valence-corrected chi connectivity index (χ3v) is 3.74. The molecule has 2 amide bonds. The SMILES string of the molecule is COCCNC(=O)C1CC(=O)N(c2ccc(C)cc2C)C1. The van der Waals surface area contributed by atoms with E-state index in [4.69, 9.17) is 4.74 Å². The molecular formula is C16H22N2O3. The lowest BCUT2D eigenvalue weighted by Crippen LogP contribution is -2.34. The van der Waals surface area contributed by atoms with Crippen LogP contribution in [0.2, 0.25) is 0 Å². The Hall–Kier alpha value is -1.88. The van der Waals surface area contributed by atoms with E-state index in [1.54, 1.807) is 12.0 Å². The fraction of sp³-hybridized carbons (Fsp3) is 0.500. The highest BCUT2D eigenvalue weighted by Gasteiger charge is 2.35. The summed E-state index contributed by atoms with van der Waals surface area (Å²) in [4.78, 5) is 25.9. The number of carbonyl (C=O) groups is 2. The lowest BCUT2D eigenvalue weighted by molar-refractivity contribution is -0.126. The number of hydrogen-bond donors (Lipinski definition) is 1. The smallest absolute Gasteiger partial charge is 0.227 e. The number of aryl methyl sites for hydroxylation is 2. The lowest BCUT2D eigenvalue weighted by atomic mass is 10.1. The van der Waals surface area contributed by atoms with Crippen molar-refractivity contribution < 1.29 is 14.3 Å². The summed E-state index contributed by atoms with van der Waals surface area (Å²) in [5.74, 6) is -0.350. The van der Waals surface area contributed by atoms with Gasteiger partial charge in [-0.25, -0.2) is 0 Å². The van der Waals surface area contributed by atoms with Crippen molar-refractivity contribution in [3.8, 4) is 0 Å². The van der Waals surface area contributed by atoms with Crippen molar-refractivity contribution in [2.24, 2.45) is 5.92 Å². The van der Waals surface area contributed by atoms with Gasteiger partial charge in [0.2, 0.25) is 11.8 Å². The van der Waals surface area contributed by atoms with E-state index in [1.807, 2.05) is 26.0 Å². The zero-order valence-corrected chi connectivity index (χ0v) is 12.8. The quantitative estimate of drug-likeness (QED) is 0.834. The minimum atomic E-state index is -0.282. The molecule has 114 valence electrons. The first-order chi connectivity index (χ1) is 10.0. The predicted molar refractivity (Wildman–Crippen MR) is 81.3 cm³/mol. The molecule has 1 heterocycles. The molecule has 0 radical (unpaired) electrons. The first kappa shape index (κ1) is 15.5. The summed E-state index contributed by atoms with van der Waals surface area (Å²) in [6.45, 7) is 5.41. The van der Waals surface area contributed by atoms with E-state index >= 15 is 0 Å². The molecule has 2 rings (SSSR count). The molecule has 0 aromatic heterocycles. The minimum absolute atomic E-state index is 0.00819. The van der Waals surface area contributed by atoms with Gasteiger partial charge < -0.3 is 15.0 Å². The number of nitrogens with zero attached hydrogens (tertiary/aromatic N) is 1. The molecule has 5 nitrogen and oxygen atoms in total. The van der Waals surface area contributed by atoms with Crippen LogP contribution in [-0.4, -0.2) is 38.6 Å². The Morgan fingerprint density at radius 2 is 2.19 bits per heavy atom. The first-order valence-corrected chi connectivity index (χ1v) is 7.17. The van der Waals surface area contributed by atoms with Crippen molar-refractivity contribution >= 4 is 17.5 Å². The standard InChI is InChI=1S/C16H22N2O3/c1-11-4-5-14(12(2)8-11)18-10-13(9-15(18)19)16(20)17-6-7-21-3/h4-5,8,13H,6-7,9-10H2,1-3H3,(H,17,20). The number of hydrogen-bond acceptors (Lipinski definition) is 3. The number of carbonyl (C=O) groups excluding carboxylic acids is 2. The number of rotatable bonds is 5. The first-order valence-electron chi connectivity index (χ1n) is 7.17. The number of ether oxygens (including phenoxy) is 1. The van der Waals surface area contributed by atoms with E-state index in [1.165, 1.54) is 0 Å². The second-order valence-corrected chi connectivity index (χ2v) is 5.48. The van der Waals surface area contributed by atoms with Crippen LogP contribution in [0.4, 0.5) is 5.69 Å². The van der Waals surface area contributed by atoms with Gasteiger partial charge in [0.05, 0.1) is 12.5 Å². The number of benzene rings is 1. The normalized spacial score (nSPS) is 18.1. The highest BCUT2D eigenvalue weighted by atomic mass is 16.5. The van der Waals surface area contributed by atoms with Crippen LogP contribution in [0.5, 0.6) is 0 Å². The molecule has 1 atom stereocenters. The van der Waals surface area contributed by atoms with Crippen molar-refractivity contribution in [1.82, 2.24) is 5.32 Å². The molecule has 0 spiro atoms. The van der Waals surface area contributed by atoms with Crippen LogP contribution in [0.15, 0.2) is 18.2 Å². The molecule has 1 aliphatic rings. The van der Waals surface area contributed by atoms with Crippen LogP contribution in [0.25, 0.3) is 0 Å². The summed E-state index contributed by atoms with van der Waals surface area (Å²) in [6, 6.07) is 5.99. The number of anilines is 1. The van der Waals surface area contributed by atoms with Gasteiger partial charge in [-0.15, -0.1) is 0 Å².